The number of carboxylic acids is 1. The SMILES string of the molecule is NC(N)=NCCCC(NC(=O)C1CCCN1)C(=O)NC(Cc1c[nH]c2ccccc12)C(=O)NC(Cc1ccccc1)C(=O)O. The normalized spacial score (nSPS) is 16.4. The minimum atomic E-state index is -1.23. The summed E-state index contributed by atoms with van der Waals surface area (Å²) in [6, 6.07) is 12.7. The summed E-state index contributed by atoms with van der Waals surface area (Å²) in [5.74, 6) is -2.82. The first kappa shape index (κ1) is 32.0. The van der Waals surface area contributed by atoms with Crippen LogP contribution in [0.25, 0.3) is 10.9 Å². The van der Waals surface area contributed by atoms with E-state index in [1.807, 2.05) is 30.3 Å². The number of benzene rings is 2. The van der Waals surface area contributed by atoms with Gasteiger partial charge in [0.25, 0.3) is 0 Å². The summed E-state index contributed by atoms with van der Waals surface area (Å²) in [6.07, 6.45) is 4.01. The molecule has 10 N–H and O–H groups in total. The highest BCUT2D eigenvalue weighted by Crippen LogP contribution is 2.19. The number of aromatic nitrogens is 1. The number of H-pyrrole nitrogens is 1. The van der Waals surface area contributed by atoms with Crippen molar-refractivity contribution in [1.82, 2.24) is 26.3 Å². The third-order valence-electron chi connectivity index (χ3n) is 7.58. The quantitative estimate of drug-likeness (QED) is 0.0684. The largest absolute Gasteiger partial charge is 0.480 e. The summed E-state index contributed by atoms with van der Waals surface area (Å²) in [4.78, 5) is 59.6. The van der Waals surface area contributed by atoms with Gasteiger partial charge in [0.2, 0.25) is 17.7 Å². The molecule has 1 aromatic heterocycles. The number of fused-ring (bicyclic) bond motifs is 1. The van der Waals surface area contributed by atoms with Gasteiger partial charge in [0.1, 0.15) is 18.1 Å². The highest BCUT2D eigenvalue weighted by Gasteiger charge is 2.32. The van der Waals surface area contributed by atoms with Gasteiger partial charge in [-0.1, -0.05) is 48.5 Å². The van der Waals surface area contributed by atoms with E-state index in [2.05, 4.69) is 31.2 Å². The summed E-state index contributed by atoms with van der Waals surface area (Å²) in [7, 11) is 0. The van der Waals surface area contributed by atoms with E-state index >= 15 is 0 Å². The second-order valence-corrected chi connectivity index (χ2v) is 10.9. The predicted molar refractivity (Wildman–Crippen MR) is 167 cm³/mol. The molecular weight excluding hydrogens is 564 g/mol. The number of nitrogens with two attached hydrogens (primary N) is 2. The van der Waals surface area contributed by atoms with Crippen molar-refractivity contribution in [1.29, 1.82) is 0 Å². The Bertz CT molecular complexity index is 1460. The molecule has 1 fully saturated rings. The van der Waals surface area contributed by atoms with Gasteiger partial charge in [-0.3, -0.25) is 19.4 Å². The molecule has 4 rings (SSSR count). The van der Waals surface area contributed by atoms with Crippen molar-refractivity contribution in [2.45, 2.75) is 62.7 Å². The second kappa shape index (κ2) is 15.5. The zero-order chi connectivity index (χ0) is 31.5. The van der Waals surface area contributed by atoms with E-state index in [0.29, 0.717) is 19.4 Å². The Morgan fingerprint density at radius 3 is 2.32 bits per heavy atom. The number of aliphatic carboxylic acids is 1. The molecule has 3 aromatic rings. The number of nitrogens with one attached hydrogen (secondary N) is 5. The first-order chi connectivity index (χ1) is 21.2. The van der Waals surface area contributed by atoms with Crippen LogP contribution < -0.4 is 32.7 Å². The van der Waals surface area contributed by atoms with Crippen molar-refractivity contribution >= 4 is 40.6 Å². The topological polar surface area (TPSA) is 217 Å². The molecule has 0 aliphatic carbocycles. The van der Waals surface area contributed by atoms with Crippen LogP contribution in [0.5, 0.6) is 0 Å². The summed E-state index contributed by atoms with van der Waals surface area (Å²) < 4.78 is 0. The Kier molecular flexibility index (Phi) is 11.3. The predicted octanol–water partition coefficient (Wildman–Crippen LogP) is 0.298. The fourth-order valence-electron chi connectivity index (χ4n) is 5.28. The number of guanidine groups is 1. The Balaban J connectivity index is 1.55. The van der Waals surface area contributed by atoms with Gasteiger partial charge in [-0.15, -0.1) is 0 Å². The van der Waals surface area contributed by atoms with Crippen LogP contribution in [0.3, 0.4) is 0 Å². The number of hydrogen-bond donors (Lipinski definition) is 8. The van der Waals surface area contributed by atoms with E-state index in [9.17, 15) is 24.3 Å². The molecule has 234 valence electrons. The number of nitrogens with zero attached hydrogens (tertiary/aromatic N) is 1. The highest BCUT2D eigenvalue weighted by atomic mass is 16.4. The second-order valence-electron chi connectivity index (χ2n) is 10.9. The lowest BCUT2D eigenvalue weighted by Crippen LogP contribution is -2.57. The lowest BCUT2D eigenvalue weighted by atomic mass is 10.0. The van der Waals surface area contributed by atoms with Crippen LogP contribution in [0.4, 0.5) is 0 Å². The maximum absolute atomic E-state index is 13.7. The maximum atomic E-state index is 13.7. The molecule has 0 bridgehead atoms. The van der Waals surface area contributed by atoms with Crippen molar-refractivity contribution in [2.24, 2.45) is 16.5 Å². The van der Waals surface area contributed by atoms with Crippen molar-refractivity contribution in [3.8, 4) is 0 Å². The number of carbonyl (C=O) groups is 4. The lowest BCUT2D eigenvalue weighted by Gasteiger charge is -2.25. The molecule has 13 heteroatoms. The maximum Gasteiger partial charge on any atom is 0.326 e. The van der Waals surface area contributed by atoms with Gasteiger partial charge in [-0.2, -0.15) is 0 Å². The lowest BCUT2D eigenvalue weighted by molar-refractivity contribution is -0.142. The van der Waals surface area contributed by atoms with E-state index in [-0.39, 0.29) is 37.7 Å². The van der Waals surface area contributed by atoms with Crippen LogP contribution in [-0.4, -0.2) is 77.0 Å². The molecule has 13 nitrogen and oxygen atoms in total. The third kappa shape index (κ3) is 9.04. The Hall–Kier alpha value is -4.91. The van der Waals surface area contributed by atoms with E-state index in [0.717, 1.165) is 28.5 Å². The number of carbonyl (C=O) groups excluding carboxylic acids is 3. The molecule has 4 unspecified atom stereocenters. The number of carboxylic acid groups (broad SMARTS) is 1. The minimum Gasteiger partial charge on any atom is -0.480 e. The van der Waals surface area contributed by atoms with Crippen LogP contribution in [-0.2, 0) is 32.0 Å². The molecule has 1 aliphatic rings. The first-order valence-electron chi connectivity index (χ1n) is 14.7. The molecule has 3 amide bonds. The first-order valence-corrected chi connectivity index (χ1v) is 14.7. The molecule has 2 aromatic carbocycles. The average Bonchev–Trinajstić information content (AvgIpc) is 3.69. The molecular formula is C31H40N8O5. The van der Waals surface area contributed by atoms with Crippen LogP contribution in [0.15, 0.2) is 65.8 Å². The summed E-state index contributed by atoms with van der Waals surface area (Å²) >= 11 is 0. The number of amides is 3. The average molecular weight is 605 g/mol. The van der Waals surface area contributed by atoms with Gasteiger partial charge in [-0.05, 0) is 49.4 Å². The van der Waals surface area contributed by atoms with Crippen molar-refractivity contribution in [3.63, 3.8) is 0 Å². The van der Waals surface area contributed by atoms with Crippen molar-refractivity contribution in [2.75, 3.05) is 13.1 Å². The molecule has 2 heterocycles. The third-order valence-corrected chi connectivity index (χ3v) is 7.58. The Morgan fingerprint density at radius 1 is 0.909 bits per heavy atom. The van der Waals surface area contributed by atoms with Crippen molar-refractivity contribution in [3.05, 3.63) is 71.9 Å². The van der Waals surface area contributed by atoms with E-state index in [4.69, 9.17) is 11.5 Å². The number of rotatable bonds is 15. The van der Waals surface area contributed by atoms with Crippen LogP contribution in [0.1, 0.15) is 36.8 Å². The van der Waals surface area contributed by atoms with E-state index in [1.54, 1.807) is 30.5 Å². The minimum absolute atomic E-state index is 0.0630. The molecule has 0 saturated carbocycles. The van der Waals surface area contributed by atoms with Gasteiger partial charge in [0, 0.05) is 36.5 Å². The fraction of sp³-hybridized carbons (Fsp3) is 0.387. The summed E-state index contributed by atoms with van der Waals surface area (Å²) in [6.45, 7) is 0.961. The van der Waals surface area contributed by atoms with Gasteiger partial charge >= 0.3 is 5.97 Å². The summed E-state index contributed by atoms with van der Waals surface area (Å²) in [5.41, 5.74) is 13.2. The van der Waals surface area contributed by atoms with E-state index in [1.165, 1.54) is 0 Å². The Morgan fingerprint density at radius 2 is 1.61 bits per heavy atom. The van der Waals surface area contributed by atoms with Gasteiger partial charge in [0.05, 0.1) is 6.04 Å². The molecule has 44 heavy (non-hydrogen) atoms. The van der Waals surface area contributed by atoms with Gasteiger partial charge < -0.3 is 42.8 Å². The molecule has 0 radical (unpaired) electrons. The molecule has 0 spiro atoms. The van der Waals surface area contributed by atoms with Crippen molar-refractivity contribution < 1.29 is 24.3 Å². The number of aliphatic imine (C=N–C) groups is 1. The highest BCUT2D eigenvalue weighted by molar-refractivity contribution is 5.95. The number of aromatic amines is 1. The van der Waals surface area contributed by atoms with Crippen LogP contribution >= 0.6 is 0 Å². The standard InChI is InChI=1S/C31H40N8O5/c32-31(33)35-15-7-13-24(37-27(40)23-12-6-14-34-23)28(41)38-25(17-20-18-36-22-11-5-4-10-21(20)22)29(42)39-26(30(43)44)16-19-8-2-1-3-9-19/h1-5,8-11,18,23-26,34,36H,6-7,12-17H2,(H,37,40)(H,38,41)(H,39,42)(H,43,44)(H4,32,33,35). The molecule has 1 saturated heterocycles. The zero-order valence-electron chi connectivity index (χ0n) is 24.4. The zero-order valence-corrected chi connectivity index (χ0v) is 24.4. The molecule has 4 atom stereocenters. The van der Waals surface area contributed by atoms with Gasteiger partial charge in [-0.25, -0.2) is 4.79 Å². The monoisotopic (exact) mass is 604 g/mol. The number of hydrogen-bond acceptors (Lipinski definition) is 6. The Labute approximate surface area is 255 Å². The van der Waals surface area contributed by atoms with Crippen LogP contribution in [0, 0.1) is 0 Å². The van der Waals surface area contributed by atoms with Gasteiger partial charge in [0.15, 0.2) is 5.96 Å². The number of para-hydroxylation sites is 1. The molecule has 1 aliphatic heterocycles. The van der Waals surface area contributed by atoms with Crippen LogP contribution in [0.2, 0.25) is 0 Å². The summed E-state index contributed by atoms with van der Waals surface area (Å²) in [5, 5.41) is 22.1. The van der Waals surface area contributed by atoms with E-state index < -0.39 is 42.0 Å². The fourth-order valence-corrected chi connectivity index (χ4v) is 5.28. The smallest absolute Gasteiger partial charge is 0.326 e.